The Balaban J connectivity index is 1.27. The van der Waals surface area contributed by atoms with Gasteiger partial charge in [0.15, 0.2) is 17.5 Å². The number of hydrogen-bond acceptors (Lipinski definition) is 5. The lowest BCUT2D eigenvalue weighted by atomic mass is 10.0. The third-order valence-electron chi connectivity index (χ3n) is 8.58. The maximum Gasteiger partial charge on any atom is 0.165 e. The van der Waals surface area contributed by atoms with E-state index in [0.29, 0.717) is 17.5 Å². The van der Waals surface area contributed by atoms with Crippen molar-refractivity contribution >= 4 is 42.5 Å². The van der Waals surface area contributed by atoms with Gasteiger partial charge in [-0.15, -0.1) is 11.3 Å². The first-order chi connectivity index (χ1) is 23.3. The largest absolute Gasteiger partial charge is 0.237 e. The molecule has 220 valence electrons. The van der Waals surface area contributed by atoms with E-state index in [-0.39, 0.29) is 0 Å². The first-order valence-corrected chi connectivity index (χ1v) is 16.4. The molecule has 0 saturated heterocycles. The quantitative estimate of drug-likeness (QED) is 0.193. The molecule has 3 heterocycles. The van der Waals surface area contributed by atoms with Gasteiger partial charge in [0.25, 0.3) is 0 Å². The number of rotatable bonds is 5. The van der Waals surface area contributed by atoms with E-state index in [0.717, 1.165) is 54.3 Å². The van der Waals surface area contributed by atoms with Crippen LogP contribution in [0.25, 0.3) is 87.6 Å². The van der Waals surface area contributed by atoms with Gasteiger partial charge in [0.1, 0.15) is 4.83 Å². The Bertz CT molecular complexity index is 2440. The van der Waals surface area contributed by atoms with Crippen molar-refractivity contribution in [3.8, 4) is 56.4 Å². The average molecular weight is 619 g/mol. The fraction of sp³-hybridized carbons (Fsp3) is 0. The van der Waals surface area contributed by atoms with E-state index in [1.54, 1.807) is 11.3 Å². The molecule has 0 saturated carbocycles. The molecule has 0 atom stereocenters. The molecule has 0 spiro atoms. The van der Waals surface area contributed by atoms with Crippen LogP contribution >= 0.6 is 11.3 Å². The molecule has 0 N–H and O–H groups in total. The fourth-order valence-corrected chi connectivity index (χ4v) is 7.34. The van der Waals surface area contributed by atoms with Crippen molar-refractivity contribution in [2.24, 2.45) is 0 Å². The van der Waals surface area contributed by atoms with E-state index in [1.807, 2.05) is 18.2 Å². The highest BCUT2D eigenvalue weighted by atomic mass is 32.1. The summed E-state index contributed by atoms with van der Waals surface area (Å²) in [5, 5.41) is 3.25. The number of aromatic nitrogens is 4. The highest BCUT2D eigenvalue weighted by Crippen LogP contribution is 2.42. The topological polar surface area (TPSA) is 51.6 Å². The van der Waals surface area contributed by atoms with Gasteiger partial charge in [-0.3, -0.25) is 0 Å². The van der Waals surface area contributed by atoms with E-state index in [1.165, 1.54) is 15.8 Å². The second-order valence-corrected chi connectivity index (χ2v) is 12.5. The van der Waals surface area contributed by atoms with Crippen LogP contribution < -0.4 is 0 Å². The molecule has 5 heteroatoms. The fourth-order valence-electron chi connectivity index (χ4n) is 6.24. The minimum atomic E-state index is 0.630. The first kappa shape index (κ1) is 27.3. The van der Waals surface area contributed by atoms with Crippen molar-refractivity contribution in [3.05, 3.63) is 158 Å². The standard InChI is InChI=1S/C42H26N4S/c1-3-11-27(12-4-1)29-19-23-31(24-20-29)39-44-40(32-25-21-30(22-26-32)28-13-5-2-6-14-28)46-41(45-39)37-33-15-7-9-17-35(33)43-42-38(37)34-16-8-10-18-36(34)47-42/h1-26H. The Hall–Kier alpha value is -6.04. The summed E-state index contributed by atoms with van der Waals surface area (Å²) < 4.78 is 1.19. The van der Waals surface area contributed by atoms with E-state index >= 15 is 0 Å². The summed E-state index contributed by atoms with van der Waals surface area (Å²) >= 11 is 1.70. The number of para-hydroxylation sites is 1. The summed E-state index contributed by atoms with van der Waals surface area (Å²) in [5.74, 6) is 1.90. The number of thiophene rings is 1. The molecule has 0 unspecified atom stereocenters. The van der Waals surface area contributed by atoms with Crippen LogP contribution in [0.15, 0.2) is 158 Å². The second kappa shape index (κ2) is 11.4. The second-order valence-electron chi connectivity index (χ2n) is 11.5. The molecule has 9 rings (SSSR count). The van der Waals surface area contributed by atoms with Crippen LogP contribution in [-0.2, 0) is 0 Å². The van der Waals surface area contributed by atoms with Gasteiger partial charge in [-0.05, 0) is 34.4 Å². The Morgan fingerprint density at radius 3 is 1.38 bits per heavy atom. The molecule has 0 aliphatic heterocycles. The van der Waals surface area contributed by atoms with Gasteiger partial charge in [-0.2, -0.15) is 0 Å². The Morgan fingerprint density at radius 1 is 0.340 bits per heavy atom. The third-order valence-corrected chi connectivity index (χ3v) is 9.65. The normalized spacial score (nSPS) is 11.4. The van der Waals surface area contributed by atoms with Gasteiger partial charge in [-0.25, -0.2) is 19.9 Å². The minimum Gasteiger partial charge on any atom is -0.237 e. The summed E-state index contributed by atoms with van der Waals surface area (Å²) in [6.07, 6.45) is 0. The maximum absolute atomic E-state index is 5.21. The lowest BCUT2D eigenvalue weighted by molar-refractivity contribution is 1.08. The predicted molar refractivity (Wildman–Crippen MR) is 195 cm³/mol. The van der Waals surface area contributed by atoms with E-state index in [2.05, 4.69) is 140 Å². The summed E-state index contributed by atoms with van der Waals surface area (Å²) in [6.45, 7) is 0. The van der Waals surface area contributed by atoms with E-state index in [9.17, 15) is 0 Å². The van der Waals surface area contributed by atoms with Crippen molar-refractivity contribution in [2.45, 2.75) is 0 Å². The maximum atomic E-state index is 5.21. The Labute approximate surface area is 275 Å². The van der Waals surface area contributed by atoms with Crippen LogP contribution in [0.3, 0.4) is 0 Å². The summed E-state index contributed by atoms with van der Waals surface area (Å²) in [6, 6.07) is 54.5. The summed E-state index contributed by atoms with van der Waals surface area (Å²) in [7, 11) is 0. The van der Waals surface area contributed by atoms with Gasteiger partial charge < -0.3 is 0 Å². The van der Waals surface area contributed by atoms with Gasteiger partial charge >= 0.3 is 0 Å². The number of nitrogens with zero attached hydrogens (tertiary/aromatic N) is 4. The molecule has 0 aliphatic carbocycles. The smallest absolute Gasteiger partial charge is 0.165 e. The number of pyridine rings is 1. The van der Waals surface area contributed by atoms with Crippen LogP contribution in [0, 0.1) is 0 Å². The highest BCUT2D eigenvalue weighted by molar-refractivity contribution is 7.25. The zero-order valence-electron chi connectivity index (χ0n) is 25.2. The lowest BCUT2D eigenvalue weighted by Crippen LogP contribution is -2.01. The third kappa shape index (κ3) is 4.94. The number of hydrogen-bond donors (Lipinski definition) is 0. The monoisotopic (exact) mass is 618 g/mol. The number of fused-ring (bicyclic) bond motifs is 4. The van der Waals surface area contributed by atoms with Gasteiger partial charge in [-0.1, -0.05) is 146 Å². The molecular formula is C42H26N4S. The molecule has 6 aromatic carbocycles. The molecular weight excluding hydrogens is 593 g/mol. The molecule has 9 aromatic rings. The van der Waals surface area contributed by atoms with Crippen molar-refractivity contribution in [3.63, 3.8) is 0 Å². The summed E-state index contributed by atoms with van der Waals surface area (Å²) in [4.78, 5) is 21.6. The van der Waals surface area contributed by atoms with Crippen molar-refractivity contribution in [1.82, 2.24) is 19.9 Å². The van der Waals surface area contributed by atoms with Crippen LogP contribution in [0.4, 0.5) is 0 Å². The van der Waals surface area contributed by atoms with Crippen LogP contribution in [-0.4, -0.2) is 19.9 Å². The predicted octanol–water partition coefficient (Wildman–Crippen LogP) is 11.1. The average Bonchev–Trinajstić information content (AvgIpc) is 3.52. The molecule has 0 bridgehead atoms. The van der Waals surface area contributed by atoms with Crippen molar-refractivity contribution in [2.75, 3.05) is 0 Å². The Kier molecular flexibility index (Phi) is 6.61. The molecule has 4 nitrogen and oxygen atoms in total. The van der Waals surface area contributed by atoms with Gasteiger partial charge in [0, 0.05) is 37.5 Å². The zero-order chi connectivity index (χ0) is 31.2. The molecule has 47 heavy (non-hydrogen) atoms. The van der Waals surface area contributed by atoms with E-state index in [4.69, 9.17) is 19.9 Å². The van der Waals surface area contributed by atoms with Gasteiger partial charge in [0.2, 0.25) is 0 Å². The SMILES string of the molecule is c1ccc(-c2ccc(-c3nc(-c4ccc(-c5ccccc5)cc4)nc(-c4c5ccccc5nc5sc6ccccc6c45)n3)cc2)cc1. The molecule has 0 fully saturated rings. The van der Waals surface area contributed by atoms with E-state index < -0.39 is 0 Å². The lowest BCUT2D eigenvalue weighted by Gasteiger charge is -2.12. The molecule has 0 radical (unpaired) electrons. The van der Waals surface area contributed by atoms with Crippen molar-refractivity contribution in [1.29, 1.82) is 0 Å². The molecule has 3 aromatic heterocycles. The molecule has 0 aliphatic rings. The Morgan fingerprint density at radius 2 is 0.787 bits per heavy atom. The first-order valence-electron chi connectivity index (χ1n) is 15.6. The zero-order valence-corrected chi connectivity index (χ0v) is 26.0. The number of benzene rings is 6. The van der Waals surface area contributed by atoms with Crippen LogP contribution in [0.2, 0.25) is 0 Å². The van der Waals surface area contributed by atoms with Gasteiger partial charge in [0.05, 0.1) is 5.52 Å². The van der Waals surface area contributed by atoms with Crippen LogP contribution in [0.1, 0.15) is 0 Å². The van der Waals surface area contributed by atoms with Crippen LogP contribution in [0.5, 0.6) is 0 Å². The summed E-state index contributed by atoms with van der Waals surface area (Å²) in [5.41, 5.74) is 8.40. The van der Waals surface area contributed by atoms with Crippen molar-refractivity contribution < 1.29 is 0 Å². The highest BCUT2D eigenvalue weighted by Gasteiger charge is 2.21. The minimum absolute atomic E-state index is 0.630. The molecule has 0 amide bonds.